The summed E-state index contributed by atoms with van der Waals surface area (Å²) in [4.78, 5) is 23.6. The fourth-order valence-electron chi connectivity index (χ4n) is 2.68. The van der Waals surface area contributed by atoms with E-state index in [4.69, 9.17) is 16.7 Å². The minimum atomic E-state index is -3.27. The average molecular weight is 439 g/mol. The molecule has 3 aromatic rings. The monoisotopic (exact) mass is 438 g/mol. The standard InChI is InChI=1S/C18H19ClN4O3S.CH4O/c1-10(14-9-12-8-13(19)4-5-16(12)22-17(14)24)21-18-20-7-6-15(23-18)11(2)27(3,25)26;1-2/h4-11H,1-3H3,(H,22,24)(H,20,21,23);2H,1H3/t10-,11?;/m0./s1. The smallest absolute Gasteiger partial charge is 0.253 e. The van der Waals surface area contributed by atoms with Gasteiger partial charge in [0.25, 0.3) is 5.56 Å². The van der Waals surface area contributed by atoms with E-state index >= 15 is 0 Å². The first kappa shape index (κ1) is 22.8. The van der Waals surface area contributed by atoms with Crippen molar-refractivity contribution in [2.45, 2.75) is 25.1 Å². The maximum absolute atomic E-state index is 12.4. The van der Waals surface area contributed by atoms with Crippen LogP contribution in [0.1, 0.15) is 36.4 Å². The first-order chi connectivity index (χ1) is 13.6. The molecule has 2 heterocycles. The third-order valence-electron chi connectivity index (χ3n) is 4.38. The van der Waals surface area contributed by atoms with Gasteiger partial charge in [-0.2, -0.15) is 0 Å². The van der Waals surface area contributed by atoms with Crippen molar-refractivity contribution in [3.63, 3.8) is 0 Å². The van der Waals surface area contributed by atoms with Crippen molar-refractivity contribution < 1.29 is 13.5 Å². The number of pyridine rings is 1. The number of benzene rings is 1. The summed E-state index contributed by atoms with van der Waals surface area (Å²) in [6.45, 7) is 3.37. The molecule has 0 saturated heterocycles. The Morgan fingerprint density at radius 1 is 1.17 bits per heavy atom. The molecule has 0 aliphatic heterocycles. The number of anilines is 1. The minimum absolute atomic E-state index is 0.231. The van der Waals surface area contributed by atoms with Crippen LogP contribution in [0.25, 0.3) is 10.9 Å². The van der Waals surface area contributed by atoms with Gasteiger partial charge in [0.05, 0.1) is 11.7 Å². The lowest BCUT2D eigenvalue weighted by molar-refractivity contribution is 0.399. The van der Waals surface area contributed by atoms with E-state index in [2.05, 4.69) is 20.3 Å². The quantitative estimate of drug-likeness (QED) is 0.559. The molecule has 2 aromatic heterocycles. The zero-order chi connectivity index (χ0) is 21.8. The Labute approximate surface area is 173 Å². The molecule has 0 fully saturated rings. The average Bonchev–Trinajstić information content (AvgIpc) is 2.68. The zero-order valence-electron chi connectivity index (χ0n) is 16.5. The van der Waals surface area contributed by atoms with Gasteiger partial charge in [0.15, 0.2) is 9.84 Å². The molecule has 1 unspecified atom stereocenters. The first-order valence-electron chi connectivity index (χ1n) is 8.70. The van der Waals surface area contributed by atoms with Crippen LogP contribution >= 0.6 is 11.6 Å². The molecule has 0 bridgehead atoms. The number of halogens is 1. The highest BCUT2D eigenvalue weighted by atomic mass is 35.5. The van der Waals surface area contributed by atoms with Crippen molar-refractivity contribution in [2.24, 2.45) is 0 Å². The topological polar surface area (TPSA) is 125 Å². The summed E-state index contributed by atoms with van der Waals surface area (Å²) in [6, 6.07) is 8.16. The number of aromatic nitrogens is 3. The van der Waals surface area contributed by atoms with Crippen molar-refractivity contribution in [1.29, 1.82) is 0 Å². The second kappa shape index (κ2) is 9.34. The van der Waals surface area contributed by atoms with Gasteiger partial charge in [-0.1, -0.05) is 11.6 Å². The highest BCUT2D eigenvalue weighted by Crippen LogP contribution is 2.23. The van der Waals surface area contributed by atoms with Gasteiger partial charge in [-0.3, -0.25) is 4.79 Å². The van der Waals surface area contributed by atoms with Gasteiger partial charge < -0.3 is 15.4 Å². The molecule has 0 aliphatic carbocycles. The summed E-state index contributed by atoms with van der Waals surface area (Å²) in [7, 11) is -2.27. The van der Waals surface area contributed by atoms with Crippen molar-refractivity contribution in [3.8, 4) is 0 Å². The van der Waals surface area contributed by atoms with Crippen LogP contribution in [0.5, 0.6) is 0 Å². The molecule has 0 radical (unpaired) electrons. The number of rotatable bonds is 5. The Bertz CT molecular complexity index is 1160. The molecular weight excluding hydrogens is 416 g/mol. The number of aromatic amines is 1. The van der Waals surface area contributed by atoms with E-state index in [1.54, 1.807) is 44.2 Å². The predicted molar refractivity (Wildman–Crippen MR) is 115 cm³/mol. The fourth-order valence-corrected chi connectivity index (χ4v) is 3.43. The Morgan fingerprint density at radius 3 is 2.52 bits per heavy atom. The van der Waals surface area contributed by atoms with Gasteiger partial charge in [-0.05, 0) is 44.2 Å². The van der Waals surface area contributed by atoms with Gasteiger partial charge in [0.2, 0.25) is 5.95 Å². The molecule has 1 aromatic carbocycles. The number of aliphatic hydroxyl groups is 1. The Hall–Kier alpha value is -2.49. The summed E-state index contributed by atoms with van der Waals surface area (Å²) >= 11 is 6.03. The second-order valence-electron chi connectivity index (χ2n) is 6.43. The number of nitrogens with one attached hydrogen (secondary N) is 2. The molecule has 29 heavy (non-hydrogen) atoms. The summed E-state index contributed by atoms with van der Waals surface area (Å²) < 4.78 is 23.5. The third-order valence-corrected chi connectivity index (χ3v) is 6.14. The van der Waals surface area contributed by atoms with Gasteiger partial charge >= 0.3 is 0 Å². The maximum Gasteiger partial charge on any atom is 0.253 e. The summed E-state index contributed by atoms with van der Waals surface area (Å²) in [5.41, 5.74) is 1.35. The lowest BCUT2D eigenvalue weighted by atomic mass is 10.1. The second-order valence-corrected chi connectivity index (χ2v) is 9.23. The summed E-state index contributed by atoms with van der Waals surface area (Å²) in [6.07, 6.45) is 2.65. The van der Waals surface area contributed by atoms with E-state index in [9.17, 15) is 13.2 Å². The third kappa shape index (κ3) is 5.53. The molecule has 0 aliphatic rings. The Morgan fingerprint density at radius 2 is 1.86 bits per heavy atom. The number of aliphatic hydroxyl groups excluding tert-OH is 1. The minimum Gasteiger partial charge on any atom is -0.400 e. The van der Waals surface area contributed by atoms with Crippen LogP contribution < -0.4 is 10.9 Å². The van der Waals surface area contributed by atoms with E-state index in [0.29, 0.717) is 21.8 Å². The van der Waals surface area contributed by atoms with Crippen molar-refractivity contribution in [1.82, 2.24) is 15.0 Å². The van der Waals surface area contributed by atoms with Crippen LogP contribution in [-0.4, -0.2) is 41.8 Å². The molecule has 10 heteroatoms. The normalized spacial score (nSPS) is 13.3. The van der Waals surface area contributed by atoms with E-state index < -0.39 is 21.1 Å². The number of fused-ring (bicyclic) bond motifs is 1. The van der Waals surface area contributed by atoms with Gasteiger partial charge in [0, 0.05) is 41.1 Å². The number of hydrogen-bond acceptors (Lipinski definition) is 7. The van der Waals surface area contributed by atoms with Crippen molar-refractivity contribution in [2.75, 3.05) is 18.7 Å². The molecule has 8 nitrogen and oxygen atoms in total. The van der Waals surface area contributed by atoms with E-state index in [1.807, 2.05) is 0 Å². The maximum atomic E-state index is 12.4. The van der Waals surface area contributed by atoms with Crippen LogP contribution in [0.4, 0.5) is 5.95 Å². The highest BCUT2D eigenvalue weighted by molar-refractivity contribution is 7.90. The lowest BCUT2D eigenvalue weighted by Crippen LogP contribution is -2.20. The van der Waals surface area contributed by atoms with Crippen LogP contribution in [0.15, 0.2) is 41.3 Å². The molecule has 0 spiro atoms. The van der Waals surface area contributed by atoms with Gasteiger partial charge in [0.1, 0.15) is 5.25 Å². The molecule has 3 rings (SSSR count). The van der Waals surface area contributed by atoms with E-state index in [0.717, 1.165) is 18.8 Å². The first-order valence-corrected chi connectivity index (χ1v) is 11.0. The summed E-state index contributed by atoms with van der Waals surface area (Å²) in [5, 5.41) is 10.7. The number of hydrogen-bond donors (Lipinski definition) is 3. The molecule has 0 amide bonds. The van der Waals surface area contributed by atoms with Gasteiger partial charge in [-0.15, -0.1) is 0 Å². The van der Waals surface area contributed by atoms with Crippen LogP contribution in [0, 0.1) is 0 Å². The number of nitrogens with zero attached hydrogens (tertiary/aromatic N) is 2. The zero-order valence-corrected chi connectivity index (χ0v) is 18.0. The van der Waals surface area contributed by atoms with Crippen LogP contribution in [0.3, 0.4) is 0 Å². The van der Waals surface area contributed by atoms with Crippen LogP contribution in [-0.2, 0) is 9.84 Å². The SMILES string of the molecule is CC(c1ccnc(N[C@@H](C)c2cc3cc(Cl)ccc3[nH]c2=O)n1)S(C)(=O)=O.CO. The largest absolute Gasteiger partial charge is 0.400 e. The van der Waals surface area contributed by atoms with Crippen molar-refractivity contribution in [3.05, 3.63) is 63.2 Å². The summed E-state index contributed by atoms with van der Waals surface area (Å²) in [5.74, 6) is 0.251. The Kier molecular flexibility index (Phi) is 7.34. The van der Waals surface area contributed by atoms with E-state index in [-0.39, 0.29) is 11.5 Å². The van der Waals surface area contributed by atoms with Crippen LogP contribution in [0.2, 0.25) is 5.02 Å². The molecule has 156 valence electrons. The Balaban J connectivity index is 0.00000145. The number of H-pyrrole nitrogens is 1. The predicted octanol–water partition coefficient (Wildman–Crippen LogP) is 2.86. The fraction of sp³-hybridized carbons (Fsp3) is 0.316. The number of sulfone groups is 1. The van der Waals surface area contributed by atoms with Crippen molar-refractivity contribution >= 4 is 38.3 Å². The molecule has 0 saturated carbocycles. The van der Waals surface area contributed by atoms with Gasteiger partial charge in [-0.25, -0.2) is 18.4 Å². The lowest BCUT2D eigenvalue weighted by Gasteiger charge is -2.15. The molecule has 3 N–H and O–H groups in total. The van der Waals surface area contributed by atoms with E-state index in [1.165, 1.54) is 6.20 Å². The highest BCUT2D eigenvalue weighted by Gasteiger charge is 2.20. The molecular formula is C19H23ClN4O4S. The molecule has 2 atom stereocenters.